The molecule has 0 saturated carbocycles. The molecule has 25 heavy (non-hydrogen) atoms. The summed E-state index contributed by atoms with van der Waals surface area (Å²) in [7, 11) is -2.44. The first kappa shape index (κ1) is 21.7. The number of methoxy groups -OCH3 is 1. The first-order valence-corrected chi connectivity index (χ1v) is 9.78. The van der Waals surface area contributed by atoms with Crippen molar-refractivity contribution in [1.29, 1.82) is 0 Å². The average Bonchev–Trinajstić information content (AvgIpc) is 2.53. The van der Waals surface area contributed by atoms with E-state index in [2.05, 4.69) is 10.0 Å². The fourth-order valence-corrected chi connectivity index (χ4v) is 3.48. The van der Waals surface area contributed by atoms with E-state index < -0.39 is 22.0 Å². The molecule has 2 N–H and O–H groups in total. The second kappa shape index (κ2) is 9.96. The van der Waals surface area contributed by atoms with Gasteiger partial charge >= 0.3 is 0 Å². The molecule has 142 valence electrons. The highest BCUT2D eigenvalue weighted by atomic mass is 35.5. The number of benzene rings is 1. The summed E-state index contributed by atoms with van der Waals surface area (Å²) < 4.78 is 37.4. The fraction of sp³-hybridized carbons (Fsp3) is 0.562. The summed E-state index contributed by atoms with van der Waals surface area (Å²) in [5.41, 5.74) is 0. The van der Waals surface area contributed by atoms with E-state index >= 15 is 0 Å². The van der Waals surface area contributed by atoms with Gasteiger partial charge in [-0.3, -0.25) is 4.79 Å². The molecule has 0 unspecified atom stereocenters. The van der Waals surface area contributed by atoms with E-state index in [1.165, 1.54) is 32.2 Å². The minimum absolute atomic E-state index is 0.0386. The summed E-state index contributed by atoms with van der Waals surface area (Å²) in [5, 5.41) is 2.84. The van der Waals surface area contributed by atoms with Gasteiger partial charge < -0.3 is 14.8 Å². The lowest BCUT2D eigenvalue weighted by Crippen LogP contribution is -2.45. The Hall–Kier alpha value is -1.35. The Kier molecular flexibility index (Phi) is 8.64. The summed E-state index contributed by atoms with van der Waals surface area (Å²) in [6, 6.07) is 3.17. The molecule has 0 aliphatic rings. The summed E-state index contributed by atoms with van der Waals surface area (Å²) in [6.45, 7) is 6.28. The Morgan fingerprint density at radius 1 is 1.28 bits per heavy atom. The molecule has 0 aliphatic heterocycles. The molecular weight excluding hydrogens is 368 g/mol. The third kappa shape index (κ3) is 7.19. The highest BCUT2D eigenvalue weighted by molar-refractivity contribution is 7.89. The van der Waals surface area contributed by atoms with Crippen LogP contribution in [-0.2, 0) is 19.6 Å². The molecule has 0 aromatic heterocycles. The number of halogens is 1. The van der Waals surface area contributed by atoms with Crippen LogP contribution in [0.4, 0.5) is 0 Å². The number of carbonyl (C=O) groups is 1. The molecule has 1 atom stereocenters. The molecular formula is C16H25ClN2O5S. The van der Waals surface area contributed by atoms with Gasteiger partial charge in [0.15, 0.2) is 0 Å². The first-order valence-electron chi connectivity index (χ1n) is 7.92. The fourth-order valence-electron chi connectivity index (χ4n) is 1.92. The Morgan fingerprint density at radius 2 is 1.96 bits per heavy atom. The van der Waals surface area contributed by atoms with Crippen LogP contribution in [0.3, 0.4) is 0 Å². The lowest BCUT2D eigenvalue weighted by molar-refractivity contribution is -0.122. The van der Waals surface area contributed by atoms with Crippen molar-refractivity contribution in [2.45, 2.75) is 44.2 Å². The second-order valence-electron chi connectivity index (χ2n) is 5.70. The zero-order valence-corrected chi connectivity index (χ0v) is 16.4. The maximum atomic E-state index is 12.3. The Morgan fingerprint density at radius 3 is 2.52 bits per heavy atom. The van der Waals surface area contributed by atoms with Gasteiger partial charge in [0.25, 0.3) is 0 Å². The molecule has 0 fully saturated rings. The molecule has 0 saturated heterocycles. The standard InChI is InChI=1S/C16H25ClN2O5S/c1-11(2)24-9-5-8-18-16(20)12(3)19-25(21,22)13-6-7-15(23-4)14(17)10-13/h6-7,10-12,19H,5,8-9H2,1-4H3,(H,18,20)/t12-/m1/s1. The lowest BCUT2D eigenvalue weighted by atomic mass is 10.3. The van der Waals surface area contributed by atoms with Gasteiger partial charge in [0.05, 0.1) is 29.2 Å². The number of rotatable bonds is 10. The molecule has 0 heterocycles. The van der Waals surface area contributed by atoms with E-state index in [-0.39, 0.29) is 16.0 Å². The van der Waals surface area contributed by atoms with Gasteiger partial charge in [-0.05, 0) is 45.4 Å². The molecule has 1 amide bonds. The topological polar surface area (TPSA) is 93.7 Å². The highest BCUT2D eigenvalue weighted by Gasteiger charge is 2.22. The minimum Gasteiger partial charge on any atom is -0.495 e. The van der Waals surface area contributed by atoms with Crippen LogP contribution in [0.2, 0.25) is 5.02 Å². The van der Waals surface area contributed by atoms with E-state index in [1.54, 1.807) is 0 Å². The van der Waals surface area contributed by atoms with Crippen LogP contribution >= 0.6 is 11.6 Å². The van der Waals surface area contributed by atoms with Crippen molar-refractivity contribution in [3.05, 3.63) is 23.2 Å². The zero-order valence-electron chi connectivity index (χ0n) is 14.8. The van der Waals surface area contributed by atoms with Crippen LogP contribution in [-0.4, -0.2) is 46.7 Å². The van der Waals surface area contributed by atoms with Crippen molar-refractivity contribution in [2.24, 2.45) is 0 Å². The Labute approximate surface area is 154 Å². The van der Waals surface area contributed by atoms with Crippen LogP contribution in [0.5, 0.6) is 5.75 Å². The molecule has 0 spiro atoms. The first-order chi connectivity index (χ1) is 11.7. The quantitative estimate of drug-likeness (QED) is 0.593. The van der Waals surface area contributed by atoms with Gasteiger partial charge in [-0.15, -0.1) is 0 Å². The summed E-state index contributed by atoms with van der Waals surface area (Å²) in [4.78, 5) is 12.0. The van der Waals surface area contributed by atoms with Gasteiger partial charge in [0.2, 0.25) is 15.9 Å². The highest BCUT2D eigenvalue weighted by Crippen LogP contribution is 2.26. The van der Waals surface area contributed by atoms with Gasteiger partial charge in [0.1, 0.15) is 5.75 Å². The van der Waals surface area contributed by atoms with E-state index in [1.807, 2.05) is 13.8 Å². The second-order valence-corrected chi connectivity index (χ2v) is 7.82. The van der Waals surface area contributed by atoms with Gasteiger partial charge in [-0.1, -0.05) is 11.6 Å². The van der Waals surface area contributed by atoms with Crippen molar-refractivity contribution in [2.75, 3.05) is 20.3 Å². The number of nitrogens with one attached hydrogen (secondary N) is 2. The van der Waals surface area contributed by atoms with Crippen molar-refractivity contribution in [3.63, 3.8) is 0 Å². The summed E-state index contributed by atoms with van der Waals surface area (Å²) in [5.74, 6) is -0.0391. The normalized spacial score (nSPS) is 12.9. The molecule has 1 aromatic rings. The van der Waals surface area contributed by atoms with Gasteiger partial charge in [-0.25, -0.2) is 8.42 Å². The maximum Gasteiger partial charge on any atom is 0.241 e. The molecule has 0 radical (unpaired) electrons. The van der Waals surface area contributed by atoms with Crippen molar-refractivity contribution in [3.8, 4) is 5.75 Å². The van der Waals surface area contributed by atoms with Crippen molar-refractivity contribution >= 4 is 27.5 Å². The van der Waals surface area contributed by atoms with Crippen LogP contribution in [0.25, 0.3) is 0 Å². The SMILES string of the molecule is COc1ccc(S(=O)(=O)N[C@H](C)C(=O)NCCCOC(C)C)cc1Cl. The zero-order chi connectivity index (χ0) is 19.0. The predicted octanol–water partition coefficient (Wildman–Crippen LogP) is 1.95. The van der Waals surface area contributed by atoms with E-state index in [0.717, 1.165) is 0 Å². The average molecular weight is 393 g/mol. The van der Waals surface area contributed by atoms with Crippen LogP contribution in [0.1, 0.15) is 27.2 Å². The van der Waals surface area contributed by atoms with Gasteiger partial charge in [0, 0.05) is 13.2 Å². The maximum absolute atomic E-state index is 12.3. The molecule has 1 aromatic carbocycles. The third-order valence-corrected chi connectivity index (χ3v) is 5.06. The lowest BCUT2D eigenvalue weighted by Gasteiger charge is -2.15. The largest absolute Gasteiger partial charge is 0.495 e. The summed E-state index contributed by atoms with van der Waals surface area (Å²) in [6.07, 6.45) is 0.787. The van der Waals surface area contributed by atoms with Crippen LogP contribution in [0, 0.1) is 0 Å². The van der Waals surface area contributed by atoms with Crippen molar-refractivity contribution in [1.82, 2.24) is 10.0 Å². The smallest absolute Gasteiger partial charge is 0.241 e. The number of amides is 1. The Bertz CT molecular complexity index is 679. The number of carbonyl (C=O) groups excluding carboxylic acids is 1. The number of sulfonamides is 1. The predicted molar refractivity (Wildman–Crippen MR) is 96.5 cm³/mol. The summed E-state index contributed by atoms with van der Waals surface area (Å²) >= 11 is 5.95. The number of hydrogen-bond donors (Lipinski definition) is 2. The molecule has 0 bridgehead atoms. The molecule has 1 rings (SSSR count). The Balaban J connectivity index is 2.58. The third-order valence-electron chi connectivity index (χ3n) is 3.23. The minimum atomic E-state index is -3.87. The van der Waals surface area contributed by atoms with E-state index in [9.17, 15) is 13.2 Å². The van der Waals surface area contributed by atoms with Gasteiger partial charge in [-0.2, -0.15) is 4.72 Å². The monoisotopic (exact) mass is 392 g/mol. The number of ether oxygens (including phenoxy) is 2. The molecule has 7 nitrogen and oxygen atoms in total. The van der Waals surface area contributed by atoms with Crippen LogP contribution < -0.4 is 14.8 Å². The number of hydrogen-bond acceptors (Lipinski definition) is 5. The van der Waals surface area contributed by atoms with Crippen molar-refractivity contribution < 1.29 is 22.7 Å². The molecule has 0 aliphatic carbocycles. The van der Waals surface area contributed by atoms with Crippen LogP contribution in [0.15, 0.2) is 23.1 Å². The van der Waals surface area contributed by atoms with E-state index in [4.69, 9.17) is 21.1 Å². The molecule has 9 heteroatoms. The van der Waals surface area contributed by atoms with E-state index in [0.29, 0.717) is 25.3 Å².